The van der Waals surface area contributed by atoms with Crippen molar-refractivity contribution in [1.82, 2.24) is 0 Å². The summed E-state index contributed by atoms with van der Waals surface area (Å²) in [4.78, 5) is 22.6. The molecule has 0 heterocycles. The van der Waals surface area contributed by atoms with Crippen LogP contribution in [-0.2, 0) is 9.59 Å². The number of allylic oxidation sites excluding steroid dienone is 2. The summed E-state index contributed by atoms with van der Waals surface area (Å²) in [5, 5.41) is 18.5. The van der Waals surface area contributed by atoms with Crippen LogP contribution in [0.25, 0.3) is 0 Å². The van der Waals surface area contributed by atoms with Crippen LogP contribution in [-0.4, -0.2) is 22.2 Å². The van der Waals surface area contributed by atoms with E-state index in [1.807, 2.05) is 6.92 Å². The van der Waals surface area contributed by atoms with Crippen molar-refractivity contribution in [2.45, 2.75) is 26.7 Å². The number of carbonyl (C=O) groups is 2. The molecule has 0 saturated heterocycles. The van der Waals surface area contributed by atoms with E-state index in [1.165, 1.54) is 6.08 Å². The summed E-state index contributed by atoms with van der Waals surface area (Å²) in [5.74, 6) is -3.09. The maximum absolute atomic E-state index is 11.3. The van der Waals surface area contributed by atoms with Gasteiger partial charge < -0.3 is 10.2 Å². The fraction of sp³-hybridized carbons (Fsp3) is 0.500. The fourth-order valence-electron chi connectivity index (χ4n) is 2.24. The molecular formula is C12H16O4. The zero-order chi connectivity index (χ0) is 12.3. The lowest BCUT2D eigenvalue weighted by Gasteiger charge is -2.34. The molecule has 1 rings (SSSR count). The van der Waals surface area contributed by atoms with Gasteiger partial charge in [-0.15, -0.1) is 0 Å². The Balaban J connectivity index is 3.29. The van der Waals surface area contributed by atoms with Crippen LogP contribution < -0.4 is 0 Å². The van der Waals surface area contributed by atoms with E-state index in [-0.39, 0.29) is 6.42 Å². The van der Waals surface area contributed by atoms with E-state index in [4.69, 9.17) is 0 Å². The van der Waals surface area contributed by atoms with Crippen molar-refractivity contribution in [2.75, 3.05) is 0 Å². The molecule has 0 radical (unpaired) electrons. The Morgan fingerprint density at radius 3 is 2.38 bits per heavy atom. The summed E-state index contributed by atoms with van der Waals surface area (Å²) >= 11 is 0. The zero-order valence-electron chi connectivity index (χ0n) is 9.43. The minimum atomic E-state index is -1.30. The van der Waals surface area contributed by atoms with Crippen LogP contribution in [0, 0.1) is 11.3 Å². The van der Waals surface area contributed by atoms with Gasteiger partial charge in [-0.05, 0) is 12.8 Å². The van der Waals surface area contributed by atoms with Gasteiger partial charge in [0.05, 0.1) is 5.92 Å². The third-order valence-corrected chi connectivity index (χ3v) is 3.23. The van der Waals surface area contributed by atoms with Gasteiger partial charge in [0.1, 0.15) is 5.41 Å². The summed E-state index contributed by atoms with van der Waals surface area (Å²) in [7, 11) is 0. The van der Waals surface area contributed by atoms with Gasteiger partial charge in [0.2, 0.25) is 0 Å². The van der Waals surface area contributed by atoms with Gasteiger partial charge in [0.15, 0.2) is 0 Å². The second-order valence-corrected chi connectivity index (χ2v) is 3.92. The highest BCUT2D eigenvalue weighted by Gasteiger charge is 2.48. The standard InChI is InChI=1S/C12H16O4/c1-3-8-6-5-7-12(4-2,11(15)16)9(8)10(13)14/h5-7,9H,3-4H2,1-2H3,(H,13,14)(H,15,16). The third-order valence-electron chi connectivity index (χ3n) is 3.23. The van der Waals surface area contributed by atoms with E-state index in [0.29, 0.717) is 12.0 Å². The Kier molecular flexibility index (Phi) is 3.52. The summed E-state index contributed by atoms with van der Waals surface area (Å²) in [6.07, 6.45) is 5.67. The highest BCUT2D eigenvalue weighted by atomic mass is 16.4. The monoisotopic (exact) mass is 224 g/mol. The molecule has 0 amide bonds. The van der Waals surface area contributed by atoms with Gasteiger partial charge in [0, 0.05) is 0 Å². The number of carboxylic acids is 2. The number of hydrogen-bond donors (Lipinski definition) is 2. The van der Waals surface area contributed by atoms with Crippen molar-refractivity contribution in [3.05, 3.63) is 23.8 Å². The molecular weight excluding hydrogens is 208 g/mol. The predicted molar refractivity (Wildman–Crippen MR) is 59.0 cm³/mol. The summed E-state index contributed by atoms with van der Waals surface area (Å²) < 4.78 is 0. The van der Waals surface area contributed by atoms with Crippen LogP contribution in [0.3, 0.4) is 0 Å². The normalized spacial score (nSPS) is 28.6. The summed E-state index contributed by atoms with van der Waals surface area (Å²) in [5.41, 5.74) is -0.634. The molecule has 0 aromatic carbocycles. The minimum Gasteiger partial charge on any atom is -0.481 e. The highest BCUT2D eigenvalue weighted by molar-refractivity contribution is 5.88. The summed E-state index contributed by atoms with van der Waals surface area (Å²) in [6, 6.07) is 0. The molecule has 4 heteroatoms. The van der Waals surface area contributed by atoms with E-state index in [9.17, 15) is 19.8 Å². The molecule has 0 aromatic rings. The van der Waals surface area contributed by atoms with Crippen molar-refractivity contribution < 1.29 is 19.8 Å². The number of hydrogen-bond acceptors (Lipinski definition) is 2. The van der Waals surface area contributed by atoms with Crippen molar-refractivity contribution in [1.29, 1.82) is 0 Å². The molecule has 2 unspecified atom stereocenters. The molecule has 0 bridgehead atoms. The average molecular weight is 224 g/mol. The lowest BCUT2D eigenvalue weighted by atomic mass is 9.67. The second-order valence-electron chi connectivity index (χ2n) is 3.92. The minimum absolute atomic E-state index is 0.271. The molecule has 2 N–H and O–H groups in total. The topological polar surface area (TPSA) is 74.6 Å². The van der Waals surface area contributed by atoms with Gasteiger partial charge in [-0.2, -0.15) is 0 Å². The molecule has 16 heavy (non-hydrogen) atoms. The lowest BCUT2D eigenvalue weighted by Crippen LogP contribution is -2.42. The Bertz CT molecular complexity index is 367. The summed E-state index contributed by atoms with van der Waals surface area (Å²) in [6.45, 7) is 3.54. The van der Waals surface area contributed by atoms with Crippen LogP contribution in [0.1, 0.15) is 26.7 Å². The van der Waals surface area contributed by atoms with Crippen LogP contribution in [0.5, 0.6) is 0 Å². The van der Waals surface area contributed by atoms with Gasteiger partial charge >= 0.3 is 11.9 Å². The van der Waals surface area contributed by atoms with Crippen LogP contribution in [0.2, 0.25) is 0 Å². The molecule has 1 aliphatic carbocycles. The third kappa shape index (κ3) is 1.75. The van der Waals surface area contributed by atoms with Crippen LogP contribution in [0.4, 0.5) is 0 Å². The van der Waals surface area contributed by atoms with Crippen LogP contribution >= 0.6 is 0 Å². The van der Waals surface area contributed by atoms with E-state index >= 15 is 0 Å². The van der Waals surface area contributed by atoms with Gasteiger partial charge in [-0.1, -0.05) is 37.6 Å². The molecule has 0 fully saturated rings. The Labute approximate surface area is 94.3 Å². The zero-order valence-corrected chi connectivity index (χ0v) is 9.43. The number of carboxylic acid groups (broad SMARTS) is 2. The van der Waals surface area contributed by atoms with E-state index < -0.39 is 23.3 Å². The molecule has 1 aliphatic rings. The van der Waals surface area contributed by atoms with Gasteiger partial charge in [-0.3, -0.25) is 9.59 Å². The highest BCUT2D eigenvalue weighted by Crippen LogP contribution is 2.42. The average Bonchev–Trinajstić information content (AvgIpc) is 2.26. The SMILES string of the molecule is CCC1=CC=CC(CC)(C(=O)O)C1C(=O)O. The number of aliphatic carboxylic acids is 2. The molecule has 0 aliphatic heterocycles. The second kappa shape index (κ2) is 4.51. The molecule has 4 nitrogen and oxygen atoms in total. The van der Waals surface area contributed by atoms with Gasteiger partial charge in [-0.25, -0.2) is 0 Å². The van der Waals surface area contributed by atoms with E-state index in [0.717, 1.165) is 0 Å². The van der Waals surface area contributed by atoms with Crippen LogP contribution in [0.15, 0.2) is 23.8 Å². The molecule has 2 atom stereocenters. The van der Waals surface area contributed by atoms with Crippen molar-refractivity contribution in [3.8, 4) is 0 Å². The first-order chi connectivity index (χ1) is 7.49. The first-order valence-corrected chi connectivity index (χ1v) is 5.34. The smallest absolute Gasteiger partial charge is 0.314 e. The van der Waals surface area contributed by atoms with Crippen molar-refractivity contribution >= 4 is 11.9 Å². The lowest BCUT2D eigenvalue weighted by molar-refractivity contribution is -0.157. The maximum Gasteiger partial charge on any atom is 0.314 e. The van der Waals surface area contributed by atoms with Crippen molar-refractivity contribution in [2.24, 2.45) is 11.3 Å². The molecule has 0 saturated carbocycles. The van der Waals surface area contributed by atoms with Gasteiger partial charge in [0.25, 0.3) is 0 Å². The van der Waals surface area contributed by atoms with E-state index in [1.54, 1.807) is 19.1 Å². The maximum atomic E-state index is 11.3. The quantitative estimate of drug-likeness (QED) is 0.766. The first-order valence-electron chi connectivity index (χ1n) is 5.34. The fourth-order valence-corrected chi connectivity index (χ4v) is 2.24. The largest absolute Gasteiger partial charge is 0.481 e. The predicted octanol–water partition coefficient (Wildman–Crippen LogP) is 2.07. The first kappa shape index (κ1) is 12.5. The Hall–Kier alpha value is -1.58. The molecule has 88 valence electrons. The van der Waals surface area contributed by atoms with E-state index in [2.05, 4.69) is 0 Å². The molecule has 0 aromatic heterocycles. The van der Waals surface area contributed by atoms with Crippen molar-refractivity contribution in [3.63, 3.8) is 0 Å². The molecule has 0 spiro atoms. The number of rotatable bonds is 4. The Morgan fingerprint density at radius 1 is 1.38 bits per heavy atom. The Morgan fingerprint density at radius 2 is 2.00 bits per heavy atom.